The number of hydrogen-bond donors (Lipinski definition) is 0. The standard InChI is InChI=1S/C9H17.2Rb/c1-8(2)9-6-4-3-5-7-9;;/h3,8-9H,4-7H2,1-2H3;;/q-1;2*+1. The monoisotopic (exact) mass is 295 g/mol. The first-order valence-electron chi connectivity index (χ1n) is 4.12. The van der Waals surface area contributed by atoms with Crippen molar-refractivity contribution in [1.29, 1.82) is 0 Å². The Labute approximate surface area is 169 Å². The minimum absolute atomic E-state index is 0. The van der Waals surface area contributed by atoms with Gasteiger partial charge in [-0.05, 0) is 11.8 Å². The predicted octanol–water partition coefficient (Wildman–Crippen LogP) is -2.96. The van der Waals surface area contributed by atoms with Gasteiger partial charge in [-0.2, -0.15) is 12.8 Å². The third-order valence-corrected chi connectivity index (χ3v) is 2.43. The van der Waals surface area contributed by atoms with Crippen LogP contribution >= 0.6 is 0 Å². The Balaban J connectivity index is 0. The van der Waals surface area contributed by atoms with Crippen LogP contribution in [-0.4, -0.2) is 0 Å². The molecule has 1 aliphatic carbocycles. The minimum Gasteiger partial charge on any atom is -0.328 e. The van der Waals surface area contributed by atoms with Gasteiger partial charge >= 0.3 is 116 Å². The van der Waals surface area contributed by atoms with E-state index in [1.165, 1.54) is 25.7 Å². The first-order chi connectivity index (χ1) is 4.30. The summed E-state index contributed by atoms with van der Waals surface area (Å²) < 4.78 is 0. The van der Waals surface area contributed by atoms with Crippen LogP contribution in [0.2, 0.25) is 0 Å². The molecule has 0 saturated heterocycles. The molecule has 0 unspecified atom stereocenters. The Morgan fingerprint density at radius 3 is 1.82 bits per heavy atom. The van der Waals surface area contributed by atoms with E-state index >= 15 is 0 Å². The molecule has 0 spiro atoms. The smallest absolute Gasteiger partial charge is 0.328 e. The van der Waals surface area contributed by atoms with E-state index in [1.54, 1.807) is 0 Å². The fraction of sp³-hybridized carbons (Fsp3) is 0.889. The van der Waals surface area contributed by atoms with Crippen LogP contribution in [0.5, 0.6) is 0 Å². The van der Waals surface area contributed by atoms with Crippen molar-refractivity contribution < 1.29 is 116 Å². The zero-order chi connectivity index (χ0) is 6.69. The average Bonchev–Trinajstić information content (AvgIpc) is 1.90. The quantitative estimate of drug-likeness (QED) is 0.454. The van der Waals surface area contributed by atoms with Crippen molar-refractivity contribution in [2.75, 3.05) is 0 Å². The molecule has 1 aliphatic rings. The minimum atomic E-state index is 0. The van der Waals surface area contributed by atoms with E-state index in [0.717, 1.165) is 11.8 Å². The molecule has 0 aromatic carbocycles. The second-order valence-electron chi connectivity index (χ2n) is 3.45. The SMILES string of the molecule is CC(C)C1CC[CH-]CC1.[Rb+].[Rb+]. The molecule has 0 radical (unpaired) electrons. The summed E-state index contributed by atoms with van der Waals surface area (Å²) in [5, 5.41) is 0. The van der Waals surface area contributed by atoms with Crippen LogP contribution in [0, 0.1) is 18.3 Å². The number of hydrogen-bond acceptors (Lipinski definition) is 0. The Morgan fingerprint density at radius 2 is 1.55 bits per heavy atom. The van der Waals surface area contributed by atoms with E-state index in [1.807, 2.05) is 0 Å². The van der Waals surface area contributed by atoms with E-state index in [9.17, 15) is 0 Å². The molecule has 0 aromatic rings. The third kappa shape index (κ3) is 7.53. The summed E-state index contributed by atoms with van der Waals surface area (Å²) in [6.45, 7) is 4.69. The maximum Gasteiger partial charge on any atom is 1.00 e. The second-order valence-corrected chi connectivity index (χ2v) is 3.45. The molecule has 11 heavy (non-hydrogen) atoms. The molecular weight excluding hydrogens is 279 g/mol. The van der Waals surface area contributed by atoms with E-state index in [0.29, 0.717) is 0 Å². The maximum atomic E-state index is 2.43. The molecular formula is C9H17Rb2+. The van der Waals surface area contributed by atoms with Gasteiger partial charge in [0.05, 0.1) is 0 Å². The molecule has 0 aliphatic heterocycles. The molecule has 0 nitrogen and oxygen atoms in total. The summed E-state index contributed by atoms with van der Waals surface area (Å²) in [5.41, 5.74) is 0. The van der Waals surface area contributed by atoms with Crippen molar-refractivity contribution in [2.45, 2.75) is 39.5 Å². The Morgan fingerprint density at radius 1 is 1.09 bits per heavy atom. The van der Waals surface area contributed by atoms with Crippen LogP contribution in [0.25, 0.3) is 0 Å². The molecule has 1 rings (SSSR count). The molecule has 0 atom stereocenters. The Hall–Kier alpha value is 3.61. The van der Waals surface area contributed by atoms with Crippen molar-refractivity contribution >= 4 is 0 Å². The Kier molecular flexibility index (Phi) is 15.7. The molecule has 0 heterocycles. The van der Waals surface area contributed by atoms with Crippen LogP contribution in [0.15, 0.2) is 0 Å². The number of rotatable bonds is 1. The van der Waals surface area contributed by atoms with E-state index in [4.69, 9.17) is 0 Å². The second kappa shape index (κ2) is 10.1. The van der Waals surface area contributed by atoms with Gasteiger partial charge in [0.1, 0.15) is 0 Å². The normalized spacial score (nSPS) is 18.8. The average molecular weight is 296 g/mol. The first kappa shape index (κ1) is 17.0. The summed E-state index contributed by atoms with van der Waals surface area (Å²) in [6, 6.07) is 0. The molecule has 0 amide bonds. The van der Waals surface area contributed by atoms with E-state index < -0.39 is 0 Å². The summed E-state index contributed by atoms with van der Waals surface area (Å²) in [7, 11) is 0. The van der Waals surface area contributed by atoms with E-state index in [2.05, 4.69) is 20.3 Å². The molecule has 0 N–H and O–H groups in total. The van der Waals surface area contributed by atoms with Gasteiger partial charge in [0.25, 0.3) is 0 Å². The van der Waals surface area contributed by atoms with Gasteiger partial charge in [-0.3, -0.25) is 0 Å². The van der Waals surface area contributed by atoms with Crippen molar-refractivity contribution in [3.8, 4) is 0 Å². The zero-order valence-electron chi connectivity index (χ0n) is 8.56. The van der Waals surface area contributed by atoms with Gasteiger partial charge in [-0.15, -0.1) is 0 Å². The molecule has 54 valence electrons. The largest absolute Gasteiger partial charge is 1.00 e. The van der Waals surface area contributed by atoms with Crippen LogP contribution in [0.4, 0.5) is 0 Å². The summed E-state index contributed by atoms with van der Waals surface area (Å²) in [4.78, 5) is 0. The zero-order valence-corrected chi connectivity index (χ0v) is 18.4. The van der Waals surface area contributed by atoms with Gasteiger partial charge in [0.2, 0.25) is 0 Å². The molecule has 2 heteroatoms. The van der Waals surface area contributed by atoms with Crippen LogP contribution in [0.3, 0.4) is 0 Å². The van der Waals surface area contributed by atoms with Crippen molar-refractivity contribution in [1.82, 2.24) is 0 Å². The van der Waals surface area contributed by atoms with Crippen molar-refractivity contribution in [2.24, 2.45) is 11.8 Å². The van der Waals surface area contributed by atoms with Gasteiger partial charge < -0.3 is 6.42 Å². The maximum absolute atomic E-state index is 2.43. The topological polar surface area (TPSA) is 0 Å². The van der Waals surface area contributed by atoms with Crippen molar-refractivity contribution in [3.63, 3.8) is 0 Å². The van der Waals surface area contributed by atoms with E-state index in [-0.39, 0.29) is 116 Å². The molecule has 1 fully saturated rings. The first-order valence-corrected chi connectivity index (χ1v) is 4.12. The van der Waals surface area contributed by atoms with Gasteiger partial charge in [-0.25, -0.2) is 0 Å². The third-order valence-electron chi connectivity index (χ3n) is 2.43. The van der Waals surface area contributed by atoms with Gasteiger partial charge in [0.15, 0.2) is 0 Å². The van der Waals surface area contributed by atoms with Crippen molar-refractivity contribution in [3.05, 3.63) is 6.42 Å². The Bertz CT molecular complexity index is 75.6. The van der Waals surface area contributed by atoms with Gasteiger partial charge in [-0.1, -0.05) is 26.7 Å². The summed E-state index contributed by atoms with van der Waals surface area (Å²) >= 11 is 0. The van der Waals surface area contributed by atoms with Gasteiger partial charge in [0, 0.05) is 0 Å². The summed E-state index contributed by atoms with van der Waals surface area (Å²) in [5.74, 6) is 1.94. The molecule has 0 aromatic heterocycles. The fourth-order valence-corrected chi connectivity index (χ4v) is 1.62. The summed E-state index contributed by atoms with van der Waals surface area (Å²) in [6.07, 6.45) is 8.04. The molecule has 1 saturated carbocycles. The van der Waals surface area contributed by atoms with Crippen LogP contribution < -0.4 is 116 Å². The fourth-order valence-electron chi connectivity index (χ4n) is 1.62. The molecule has 0 bridgehead atoms. The van der Waals surface area contributed by atoms with Crippen LogP contribution in [-0.2, 0) is 0 Å². The predicted molar refractivity (Wildman–Crippen MR) is 41.1 cm³/mol. The van der Waals surface area contributed by atoms with Crippen LogP contribution in [0.1, 0.15) is 39.5 Å².